The second-order valence-corrected chi connectivity index (χ2v) is 6.02. The van der Waals surface area contributed by atoms with Gasteiger partial charge in [-0.15, -0.1) is 0 Å². The number of hydrogen-bond donors (Lipinski definition) is 0. The van der Waals surface area contributed by atoms with Crippen molar-refractivity contribution < 1.29 is 4.79 Å². The van der Waals surface area contributed by atoms with Crippen LogP contribution in [0.5, 0.6) is 0 Å². The number of anilines is 1. The average molecular weight is 310 g/mol. The Morgan fingerprint density at radius 1 is 1.00 bits per heavy atom. The molecule has 23 heavy (non-hydrogen) atoms. The van der Waals surface area contributed by atoms with Crippen LogP contribution in [0.3, 0.4) is 0 Å². The Balaban J connectivity index is 1.67. The molecule has 1 aliphatic rings. The number of aryl methyl sites for hydroxylation is 2. The zero-order chi connectivity index (χ0) is 16.4. The van der Waals surface area contributed by atoms with E-state index in [1.807, 2.05) is 11.8 Å². The third kappa shape index (κ3) is 3.18. The molecule has 0 unspecified atom stereocenters. The first kappa shape index (κ1) is 15.5. The smallest absolute Gasteiger partial charge is 0.257 e. The Morgan fingerprint density at radius 2 is 1.65 bits per heavy atom. The Hall–Kier alpha value is -2.43. The molecule has 2 aromatic rings. The molecule has 0 radical (unpaired) electrons. The maximum atomic E-state index is 12.5. The first-order valence-corrected chi connectivity index (χ1v) is 7.95. The van der Waals surface area contributed by atoms with Gasteiger partial charge in [-0.1, -0.05) is 12.1 Å². The van der Waals surface area contributed by atoms with Crippen LogP contribution in [-0.4, -0.2) is 47.0 Å². The molecule has 0 spiro atoms. The first-order chi connectivity index (χ1) is 11.1. The molecule has 1 saturated heterocycles. The van der Waals surface area contributed by atoms with Crippen molar-refractivity contribution in [2.45, 2.75) is 20.8 Å². The summed E-state index contributed by atoms with van der Waals surface area (Å²) in [6, 6.07) is 6.39. The van der Waals surface area contributed by atoms with Gasteiger partial charge in [-0.2, -0.15) is 0 Å². The lowest BCUT2D eigenvalue weighted by Crippen LogP contribution is -2.49. The third-order valence-electron chi connectivity index (χ3n) is 4.51. The Labute approximate surface area is 137 Å². The molecule has 3 rings (SSSR count). The van der Waals surface area contributed by atoms with E-state index in [-0.39, 0.29) is 5.91 Å². The second kappa shape index (κ2) is 6.36. The second-order valence-electron chi connectivity index (χ2n) is 6.02. The zero-order valence-electron chi connectivity index (χ0n) is 13.9. The van der Waals surface area contributed by atoms with E-state index >= 15 is 0 Å². The van der Waals surface area contributed by atoms with Gasteiger partial charge in [0.05, 0.1) is 5.56 Å². The number of rotatable bonds is 2. The highest BCUT2D eigenvalue weighted by Crippen LogP contribution is 2.24. The summed E-state index contributed by atoms with van der Waals surface area (Å²) in [5.74, 6) is 0.701. The number of benzene rings is 1. The predicted molar refractivity (Wildman–Crippen MR) is 90.8 cm³/mol. The van der Waals surface area contributed by atoms with Crippen molar-refractivity contribution in [3.63, 3.8) is 0 Å². The molecule has 1 aromatic heterocycles. The van der Waals surface area contributed by atoms with Gasteiger partial charge in [-0.25, -0.2) is 9.97 Å². The maximum absolute atomic E-state index is 12.5. The Morgan fingerprint density at radius 3 is 2.30 bits per heavy atom. The van der Waals surface area contributed by atoms with Crippen LogP contribution in [0.2, 0.25) is 0 Å². The van der Waals surface area contributed by atoms with E-state index in [0.717, 1.165) is 26.2 Å². The molecule has 0 bridgehead atoms. The Bertz CT molecular complexity index is 703. The molecule has 0 aliphatic carbocycles. The number of carbonyl (C=O) groups is 1. The van der Waals surface area contributed by atoms with E-state index in [4.69, 9.17) is 0 Å². The van der Waals surface area contributed by atoms with Crippen LogP contribution in [0.25, 0.3) is 0 Å². The van der Waals surface area contributed by atoms with Gasteiger partial charge in [0.1, 0.15) is 5.82 Å². The van der Waals surface area contributed by atoms with E-state index in [2.05, 4.69) is 46.9 Å². The summed E-state index contributed by atoms with van der Waals surface area (Å²) in [7, 11) is 0. The van der Waals surface area contributed by atoms with Crippen LogP contribution >= 0.6 is 0 Å². The highest BCUT2D eigenvalue weighted by atomic mass is 16.2. The number of nitrogens with zero attached hydrogens (tertiary/aromatic N) is 4. The molecule has 2 heterocycles. The lowest BCUT2D eigenvalue weighted by molar-refractivity contribution is 0.0746. The summed E-state index contributed by atoms with van der Waals surface area (Å²) in [6.45, 7) is 9.25. The number of aromatic nitrogens is 2. The van der Waals surface area contributed by atoms with Gasteiger partial charge in [0.15, 0.2) is 0 Å². The average Bonchev–Trinajstić information content (AvgIpc) is 2.58. The molecule has 0 N–H and O–H groups in total. The van der Waals surface area contributed by atoms with Crippen molar-refractivity contribution in [3.05, 3.63) is 53.1 Å². The van der Waals surface area contributed by atoms with Gasteiger partial charge in [0, 0.05) is 44.3 Å². The number of hydrogen-bond acceptors (Lipinski definition) is 4. The van der Waals surface area contributed by atoms with Crippen LogP contribution in [0.1, 0.15) is 27.3 Å². The van der Waals surface area contributed by atoms with Gasteiger partial charge in [0.25, 0.3) is 5.91 Å². The van der Waals surface area contributed by atoms with Crippen molar-refractivity contribution >= 4 is 11.6 Å². The molecule has 0 atom stereocenters. The van der Waals surface area contributed by atoms with E-state index in [0.29, 0.717) is 11.4 Å². The lowest BCUT2D eigenvalue weighted by Gasteiger charge is -2.37. The van der Waals surface area contributed by atoms with Gasteiger partial charge < -0.3 is 9.80 Å². The quantitative estimate of drug-likeness (QED) is 0.854. The Kier molecular flexibility index (Phi) is 4.28. The standard InChI is InChI=1S/C18H22N4O/c1-13-5-4-6-17(14(13)2)21-7-9-22(10-8-21)18(23)16-11-19-15(3)20-12-16/h4-6,11-12H,7-10H2,1-3H3. The van der Waals surface area contributed by atoms with Crippen molar-refractivity contribution in [2.75, 3.05) is 31.1 Å². The van der Waals surface area contributed by atoms with E-state index in [9.17, 15) is 4.79 Å². The normalized spacial score (nSPS) is 14.9. The van der Waals surface area contributed by atoms with Crippen LogP contribution in [0.15, 0.2) is 30.6 Å². The van der Waals surface area contributed by atoms with Crippen LogP contribution in [0.4, 0.5) is 5.69 Å². The van der Waals surface area contributed by atoms with Gasteiger partial charge in [-0.3, -0.25) is 4.79 Å². The van der Waals surface area contributed by atoms with Gasteiger partial charge >= 0.3 is 0 Å². The molecule has 5 nitrogen and oxygen atoms in total. The molecule has 1 aromatic carbocycles. The minimum atomic E-state index is 0.0191. The predicted octanol–water partition coefficient (Wildman–Crippen LogP) is 2.36. The first-order valence-electron chi connectivity index (χ1n) is 7.95. The number of amides is 1. The number of carbonyl (C=O) groups excluding carboxylic acids is 1. The molecule has 5 heteroatoms. The van der Waals surface area contributed by atoms with Crippen molar-refractivity contribution in [2.24, 2.45) is 0 Å². The fourth-order valence-corrected chi connectivity index (χ4v) is 2.91. The lowest BCUT2D eigenvalue weighted by atomic mass is 10.1. The third-order valence-corrected chi connectivity index (χ3v) is 4.51. The van der Waals surface area contributed by atoms with Crippen molar-refractivity contribution in [1.82, 2.24) is 14.9 Å². The molecule has 0 saturated carbocycles. The maximum Gasteiger partial charge on any atom is 0.257 e. The van der Waals surface area contributed by atoms with E-state index < -0.39 is 0 Å². The highest BCUT2D eigenvalue weighted by Gasteiger charge is 2.23. The largest absolute Gasteiger partial charge is 0.368 e. The monoisotopic (exact) mass is 310 g/mol. The molecule has 1 fully saturated rings. The summed E-state index contributed by atoms with van der Waals surface area (Å²) < 4.78 is 0. The molecule has 1 amide bonds. The van der Waals surface area contributed by atoms with Crippen LogP contribution in [-0.2, 0) is 0 Å². The van der Waals surface area contributed by atoms with E-state index in [1.54, 1.807) is 12.4 Å². The number of piperazine rings is 1. The fourth-order valence-electron chi connectivity index (χ4n) is 2.91. The van der Waals surface area contributed by atoms with Gasteiger partial charge in [0.2, 0.25) is 0 Å². The molecular formula is C18H22N4O. The zero-order valence-corrected chi connectivity index (χ0v) is 13.9. The summed E-state index contributed by atoms with van der Waals surface area (Å²) in [6.07, 6.45) is 3.23. The van der Waals surface area contributed by atoms with Gasteiger partial charge in [-0.05, 0) is 38.0 Å². The molecule has 120 valence electrons. The summed E-state index contributed by atoms with van der Waals surface area (Å²) in [5, 5.41) is 0. The topological polar surface area (TPSA) is 49.3 Å². The van der Waals surface area contributed by atoms with Crippen molar-refractivity contribution in [3.8, 4) is 0 Å². The summed E-state index contributed by atoms with van der Waals surface area (Å²) in [5.41, 5.74) is 4.46. The van der Waals surface area contributed by atoms with Crippen LogP contribution < -0.4 is 4.90 Å². The minimum absolute atomic E-state index is 0.0191. The SMILES string of the molecule is Cc1ncc(C(=O)N2CCN(c3cccc(C)c3C)CC2)cn1. The molecular weight excluding hydrogens is 288 g/mol. The molecule has 1 aliphatic heterocycles. The van der Waals surface area contributed by atoms with Crippen molar-refractivity contribution in [1.29, 1.82) is 0 Å². The summed E-state index contributed by atoms with van der Waals surface area (Å²) >= 11 is 0. The highest BCUT2D eigenvalue weighted by molar-refractivity contribution is 5.93. The van der Waals surface area contributed by atoms with Crippen LogP contribution in [0, 0.1) is 20.8 Å². The van der Waals surface area contributed by atoms with E-state index in [1.165, 1.54) is 16.8 Å². The summed E-state index contributed by atoms with van der Waals surface area (Å²) in [4.78, 5) is 25.0. The fraction of sp³-hybridized carbons (Fsp3) is 0.389. The minimum Gasteiger partial charge on any atom is -0.368 e.